The first kappa shape index (κ1) is 17.2. The molecule has 0 saturated carbocycles. The third-order valence-electron chi connectivity index (χ3n) is 4.21. The van der Waals surface area contributed by atoms with Crippen molar-refractivity contribution >= 4 is 23.7 Å². The minimum Gasteiger partial charge on any atom is -0.444 e. The predicted molar refractivity (Wildman–Crippen MR) is 92.7 cm³/mol. The number of fused-ring (bicyclic) bond motifs is 1. The minimum atomic E-state index is -0.981. The second-order valence-electron chi connectivity index (χ2n) is 7.45. The Labute approximate surface area is 146 Å². The summed E-state index contributed by atoms with van der Waals surface area (Å²) in [5, 5.41) is 6.93. The second-order valence-corrected chi connectivity index (χ2v) is 7.45. The van der Waals surface area contributed by atoms with Crippen LogP contribution in [-0.2, 0) is 9.53 Å². The molecule has 1 fully saturated rings. The van der Waals surface area contributed by atoms with E-state index in [0.29, 0.717) is 19.5 Å². The number of aryl methyl sites for hydroxylation is 1. The molecule has 1 atom stereocenters. The van der Waals surface area contributed by atoms with E-state index in [1.165, 1.54) is 6.33 Å². The normalized spacial score (nSPS) is 20.7. The van der Waals surface area contributed by atoms with Crippen LogP contribution in [0.4, 0.5) is 10.6 Å². The summed E-state index contributed by atoms with van der Waals surface area (Å²) in [5.41, 5.74) is 0.361. The van der Waals surface area contributed by atoms with Crippen molar-refractivity contribution in [3.05, 3.63) is 24.2 Å². The van der Waals surface area contributed by atoms with E-state index in [9.17, 15) is 9.59 Å². The first-order valence-electron chi connectivity index (χ1n) is 8.24. The Bertz CT molecular complexity index is 810. The standard InChI is InChI=1S/C17H23N5O3/c1-12-5-7-22-13(12)14(18-11-19-22)21-8-6-17(9-21,10-23)20-15(24)25-16(2,3)4/h5,7,10-11H,6,8-9H2,1-4H3,(H,20,24). The van der Waals surface area contributed by atoms with Gasteiger partial charge < -0.3 is 19.7 Å². The number of anilines is 1. The van der Waals surface area contributed by atoms with E-state index in [1.54, 1.807) is 25.3 Å². The molecule has 1 amide bonds. The van der Waals surface area contributed by atoms with Crippen LogP contribution in [0, 0.1) is 6.92 Å². The van der Waals surface area contributed by atoms with Gasteiger partial charge in [0, 0.05) is 19.3 Å². The molecule has 1 aliphatic heterocycles. The Morgan fingerprint density at radius 2 is 2.20 bits per heavy atom. The van der Waals surface area contributed by atoms with Crippen LogP contribution in [0.5, 0.6) is 0 Å². The SMILES string of the molecule is Cc1ccn2ncnc(N3CCC(C=O)(NC(=O)OC(C)(C)C)C3)c12. The minimum absolute atomic E-state index is 0.340. The number of alkyl carbamates (subject to hydrolysis) is 1. The Hall–Kier alpha value is -2.64. The third kappa shape index (κ3) is 3.42. The summed E-state index contributed by atoms with van der Waals surface area (Å²) < 4.78 is 7.05. The summed E-state index contributed by atoms with van der Waals surface area (Å²) in [6.45, 7) is 8.29. The fourth-order valence-electron chi connectivity index (χ4n) is 3.07. The maximum absolute atomic E-state index is 12.1. The van der Waals surface area contributed by atoms with Crippen LogP contribution in [0.25, 0.3) is 5.52 Å². The van der Waals surface area contributed by atoms with Gasteiger partial charge >= 0.3 is 6.09 Å². The molecule has 25 heavy (non-hydrogen) atoms. The van der Waals surface area contributed by atoms with Gasteiger partial charge in [0.25, 0.3) is 0 Å². The first-order chi connectivity index (χ1) is 11.7. The number of aldehydes is 1. The maximum atomic E-state index is 12.1. The summed E-state index contributed by atoms with van der Waals surface area (Å²) in [5.74, 6) is 0.757. The number of ether oxygens (including phenoxy) is 1. The fourth-order valence-corrected chi connectivity index (χ4v) is 3.07. The largest absolute Gasteiger partial charge is 0.444 e. The first-order valence-corrected chi connectivity index (χ1v) is 8.24. The van der Waals surface area contributed by atoms with E-state index in [1.807, 2.05) is 24.1 Å². The number of rotatable bonds is 3. The topological polar surface area (TPSA) is 88.8 Å². The lowest BCUT2D eigenvalue weighted by molar-refractivity contribution is -0.112. The molecule has 1 saturated heterocycles. The van der Waals surface area contributed by atoms with E-state index in [-0.39, 0.29) is 0 Å². The monoisotopic (exact) mass is 345 g/mol. The highest BCUT2D eigenvalue weighted by Gasteiger charge is 2.41. The van der Waals surface area contributed by atoms with Crippen molar-refractivity contribution in [1.29, 1.82) is 0 Å². The van der Waals surface area contributed by atoms with Crippen LogP contribution >= 0.6 is 0 Å². The van der Waals surface area contributed by atoms with E-state index >= 15 is 0 Å². The molecule has 3 rings (SSSR count). The molecule has 2 aromatic heterocycles. The molecule has 0 radical (unpaired) electrons. The number of nitrogens with zero attached hydrogens (tertiary/aromatic N) is 4. The van der Waals surface area contributed by atoms with Crippen LogP contribution in [0.2, 0.25) is 0 Å². The lowest BCUT2D eigenvalue weighted by Crippen LogP contribution is -2.53. The summed E-state index contributed by atoms with van der Waals surface area (Å²) in [6.07, 6.45) is 4.06. The molecule has 0 aliphatic carbocycles. The summed E-state index contributed by atoms with van der Waals surface area (Å²) >= 11 is 0. The smallest absolute Gasteiger partial charge is 0.408 e. The highest BCUT2D eigenvalue weighted by Crippen LogP contribution is 2.29. The molecule has 134 valence electrons. The fraction of sp³-hybridized carbons (Fsp3) is 0.529. The zero-order valence-corrected chi connectivity index (χ0v) is 14.9. The van der Waals surface area contributed by atoms with E-state index < -0.39 is 17.2 Å². The number of nitrogens with one attached hydrogen (secondary N) is 1. The molecule has 1 N–H and O–H groups in total. The van der Waals surface area contributed by atoms with E-state index in [2.05, 4.69) is 15.4 Å². The number of hydrogen-bond donors (Lipinski definition) is 1. The van der Waals surface area contributed by atoms with Gasteiger partial charge in [-0.3, -0.25) is 0 Å². The van der Waals surface area contributed by atoms with Crippen LogP contribution in [0.1, 0.15) is 32.8 Å². The number of aromatic nitrogens is 3. The van der Waals surface area contributed by atoms with Crippen LogP contribution in [-0.4, -0.2) is 51.2 Å². The van der Waals surface area contributed by atoms with Gasteiger partial charge in [0.1, 0.15) is 29.3 Å². The van der Waals surface area contributed by atoms with Crippen LogP contribution in [0.15, 0.2) is 18.6 Å². The zero-order chi connectivity index (χ0) is 18.2. The molecule has 0 bridgehead atoms. The highest BCUT2D eigenvalue weighted by atomic mass is 16.6. The molecule has 2 aromatic rings. The van der Waals surface area contributed by atoms with Gasteiger partial charge in [0.05, 0.1) is 0 Å². The Morgan fingerprint density at radius 1 is 1.44 bits per heavy atom. The van der Waals surface area contributed by atoms with Gasteiger partial charge in [-0.05, 0) is 45.7 Å². The molecule has 8 nitrogen and oxygen atoms in total. The molecular weight excluding hydrogens is 322 g/mol. The van der Waals surface area contributed by atoms with Gasteiger partial charge in [0.2, 0.25) is 0 Å². The van der Waals surface area contributed by atoms with Gasteiger partial charge in [-0.2, -0.15) is 5.10 Å². The molecule has 0 aromatic carbocycles. The Balaban J connectivity index is 1.82. The van der Waals surface area contributed by atoms with Crippen LogP contribution in [0.3, 0.4) is 0 Å². The number of carbonyl (C=O) groups is 2. The Kier molecular flexibility index (Phi) is 4.14. The lowest BCUT2D eigenvalue weighted by Gasteiger charge is -2.27. The van der Waals surface area contributed by atoms with Crippen molar-refractivity contribution in [2.24, 2.45) is 0 Å². The van der Waals surface area contributed by atoms with Crippen molar-refractivity contribution in [2.75, 3.05) is 18.0 Å². The average Bonchev–Trinajstić information content (AvgIpc) is 3.10. The third-order valence-corrected chi connectivity index (χ3v) is 4.21. The van der Waals surface area contributed by atoms with Gasteiger partial charge in [0.15, 0.2) is 5.82 Å². The molecule has 3 heterocycles. The average molecular weight is 345 g/mol. The number of hydrogen-bond acceptors (Lipinski definition) is 6. The summed E-state index contributed by atoms with van der Waals surface area (Å²) in [4.78, 5) is 30.2. The lowest BCUT2D eigenvalue weighted by atomic mass is 10.0. The molecule has 8 heteroatoms. The van der Waals surface area contributed by atoms with E-state index in [4.69, 9.17) is 4.74 Å². The quantitative estimate of drug-likeness (QED) is 0.852. The Morgan fingerprint density at radius 3 is 2.88 bits per heavy atom. The second kappa shape index (κ2) is 6.02. The number of carbonyl (C=O) groups excluding carboxylic acids is 2. The van der Waals surface area contributed by atoms with Crippen LogP contribution < -0.4 is 10.2 Å². The summed E-state index contributed by atoms with van der Waals surface area (Å²) in [7, 11) is 0. The van der Waals surface area contributed by atoms with Gasteiger partial charge in [-0.15, -0.1) is 0 Å². The van der Waals surface area contributed by atoms with Crippen molar-refractivity contribution in [3.63, 3.8) is 0 Å². The molecule has 1 unspecified atom stereocenters. The molecular formula is C17H23N5O3. The van der Waals surface area contributed by atoms with Crippen molar-refractivity contribution < 1.29 is 14.3 Å². The van der Waals surface area contributed by atoms with Gasteiger partial charge in [-0.1, -0.05) is 0 Å². The van der Waals surface area contributed by atoms with Crippen molar-refractivity contribution in [2.45, 2.75) is 45.3 Å². The van der Waals surface area contributed by atoms with E-state index in [0.717, 1.165) is 23.2 Å². The highest BCUT2D eigenvalue weighted by molar-refractivity contribution is 5.80. The molecule has 0 spiro atoms. The summed E-state index contributed by atoms with van der Waals surface area (Å²) in [6, 6.07) is 1.97. The maximum Gasteiger partial charge on any atom is 0.408 e. The number of amides is 1. The van der Waals surface area contributed by atoms with Gasteiger partial charge in [-0.25, -0.2) is 14.3 Å². The zero-order valence-electron chi connectivity index (χ0n) is 14.9. The van der Waals surface area contributed by atoms with Crippen molar-refractivity contribution in [3.8, 4) is 0 Å². The molecule has 1 aliphatic rings. The van der Waals surface area contributed by atoms with Crippen molar-refractivity contribution in [1.82, 2.24) is 19.9 Å². The predicted octanol–water partition coefficient (Wildman–Crippen LogP) is 1.71.